The number of anilines is 2. The maximum Gasteiger partial charge on any atom is 0.229 e. The van der Waals surface area contributed by atoms with Gasteiger partial charge in [0.15, 0.2) is 5.11 Å². The number of hydrogen-bond donors (Lipinski definition) is 2. The van der Waals surface area contributed by atoms with Crippen molar-refractivity contribution in [3.05, 3.63) is 78.4 Å². The van der Waals surface area contributed by atoms with E-state index in [0.717, 1.165) is 23.3 Å². The molecule has 1 fully saturated rings. The van der Waals surface area contributed by atoms with Gasteiger partial charge in [-0.2, -0.15) is 0 Å². The van der Waals surface area contributed by atoms with Gasteiger partial charge in [0.05, 0.1) is 18.0 Å². The Morgan fingerprint density at radius 3 is 2.45 bits per heavy atom. The van der Waals surface area contributed by atoms with Gasteiger partial charge in [0.2, 0.25) is 10.0 Å². The number of rotatable bonds is 5. The van der Waals surface area contributed by atoms with E-state index < -0.39 is 10.0 Å². The van der Waals surface area contributed by atoms with Crippen LogP contribution in [0.4, 0.5) is 11.4 Å². The molecule has 4 rings (SSSR count). The van der Waals surface area contributed by atoms with Crippen LogP contribution in [0.25, 0.3) is 0 Å². The van der Waals surface area contributed by atoms with Crippen molar-refractivity contribution >= 4 is 38.7 Å². The van der Waals surface area contributed by atoms with Crippen molar-refractivity contribution < 1.29 is 8.42 Å². The van der Waals surface area contributed by atoms with Gasteiger partial charge in [-0.3, -0.25) is 9.71 Å². The number of aromatic nitrogens is 2. The lowest BCUT2D eigenvalue weighted by Gasteiger charge is -2.28. The number of hydrogen-bond acceptors (Lipinski definition) is 4. The van der Waals surface area contributed by atoms with Crippen LogP contribution in [0.1, 0.15) is 23.5 Å². The van der Waals surface area contributed by atoms with Gasteiger partial charge in [-0.15, -0.1) is 0 Å². The van der Waals surface area contributed by atoms with Crippen molar-refractivity contribution in [3.63, 3.8) is 0 Å². The van der Waals surface area contributed by atoms with Crippen LogP contribution in [-0.4, -0.2) is 29.3 Å². The molecule has 2 atom stereocenters. The summed E-state index contributed by atoms with van der Waals surface area (Å²) in [5.41, 5.74) is 3.36. The molecule has 150 valence electrons. The predicted molar refractivity (Wildman–Crippen MR) is 118 cm³/mol. The van der Waals surface area contributed by atoms with Gasteiger partial charge in [-0.25, -0.2) is 8.42 Å². The predicted octanol–water partition coefficient (Wildman–Crippen LogP) is 2.97. The van der Waals surface area contributed by atoms with Gasteiger partial charge in [-0.1, -0.05) is 6.07 Å². The SMILES string of the molecule is Cn1cccc1[C@@H]1[C@@H](c2ccccn2)NC(=S)N1c1ccc(NS(C)(=O)=O)cc1. The summed E-state index contributed by atoms with van der Waals surface area (Å²) >= 11 is 5.68. The lowest BCUT2D eigenvalue weighted by atomic mass is 10.0. The molecule has 0 unspecified atom stereocenters. The molecular formula is C20H21N5O2S2. The third-order valence-electron chi connectivity index (χ3n) is 4.83. The minimum Gasteiger partial charge on any atom is -0.353 e. The zero-order chi connectivity index (χ0) is 20.6. The van der Waals surface area contributed by atoms with E-state index in [-0.39, 0.29) is 12.1 Å². The molecule has 0 bridgehead atoms. The normalized spacial score (nSPS) is 19.2. The van der Waals surface area contributed by atoms with E-state index >= 15 is 0 Å². The zero-order valence-electron chi connectivity index (χ0n) is 16.0. The molecule has 0 radical (unpaired) electrons. The molecule has 9 heteroatoms. The summed E-state index contributed by atoms with van der Waals surface area (Å²) in [5, 5.41) is 4.00. The summed E-state index contributed by atoms with van der Waals surface area (Å²) in [5.74, 6) is 0. The molecule has 0 amide bonds. The Labute approximate surface area is 175 Å². The van der Waals surface area contributed by atoms with Crippen LogP contribution in [0.15, 0.2) is 67.0 Å². The Bertz CT molecular complexity index is 1130. The molecule has 0 spiro atoms. The number of thiocarbonyl (C=S) groups is 1. The number of aryl methyl sites for hydroxylation is 1. The van der Waals surface area contributed by atoms with Gasteiger partial charge in [0.25, 0.3) is 0 Å². The molecule has 1 aliphatic heterocycles. The molecule has 1 saturated heterocycles. The maximum absolute atomic E-state index is 11.5. The van der Waals surface area contributed by atoms with Crippen LogP contribution in [0.2, 0.25) is 0 Å². The minimum atomic E-state index is -3.33. The molecular weight excluding hydrogens is 406 g/mol. The second-order valence-electron chi connectivity index (χ2n) is 6.96. The molecule has 29 heavy (non-hydrogen) atoms. The van der Waals surface area contributed by atoms with Crippen molar-refractivity contribution in [2.75, 3.05) is 15.9 Å². The van der Waals surface area contributed by atoms with Gasteiger partial charge >= 0.3 is 0 Å². The number of nitrogens with zero attached hydrogens (tertiary/aromatic N) is 3. The first kappa shape index (κ1) is 19.4. The first-order valence-electron chi connectivity index (χ1n) is 9.03. The average molecular weight is 428 g/mol. The fraction of sp³-hybridized carbons (Fsp3) is 0.200. The highest BCUT2D eigenvalue weighted by Crippen LogP contribution is 2.41. The maximum atomic E-state index is 11.5. The smallest absolute Gasteiger partial charge is 0.229 e. The van der Waals surface area contributed by atoms with Crippen molar-refractivity contribution in [3.8, 4) is 0 Å². The second kappa shape index (κ2) is 7.49. The van der Waals surface area contributed by atoms with Gasteiger partial charge < -0.3 is 14.8 Å². The Morgan fingerprint density at radius 2 is 1.86 bits per heavy atom. The first-order valence-corrected chi connectivity index (χ1v) is 11.3. The first-order chi connectivity index (χ1) is 13.8. The Kier molecular flexibility index (Phi) is 5.01. The van der Waals surface area contributed by atoms with Crippen molar-refractivity contribution in [2.45, 2.75) is 12.1 Å². The fourth-order valence-electron chi connectivity index (χ4n) is 3.62. The van der Waals surface area contributed by atoms with Crippen LogP contribution in [-0.2, 0) is 17.1 Å². The molecule has 2 aromatic heterocycles. The molecule has 7 nitrogen and oxygen atoms in total. The number of sulfonamides is 1. The van der Waals surface area contributed by atoms with Crippen molar-refractivity contribution in [1.29, 1.82) is 0 Å². The summed E-state index contributed by atoms with van der Waals surface area (Å²) in [4.78, 5) is 6.58. The summed E-state index contributed by atoms with van der Waals surface area (Å²) in [6.45, 7) is 0. The standard InChI is InChI=1S/C20H21N5O2S2/c1-24-13-5-7-17(24)19-18(16-6-3-4-12-21-16)22-20(28)25(19)15-10-8-14(9-11-15)23-29(2,26)27/h3-13,18-19,23H,1-2H3,(H,22,28)/t18-,19-/m1/s1. The van der Waals surface area contributed by atoms with Gasteiger partial charge in [-0.05, 0) is 60.7 Å². The van der Waals surface area contributed by atoms with Crippen LogP contribution < -0.4 is 14.9 Å². The van der Waals surface area contributed by atoms with Crippen LogP contribution >= 0.6 is 12.2 Å². The second-order valence-corrected chi connectivity index (χ2v) is 9.10. The number of benzene rings is 1. The molecule has 0 saturated carbocycles. The lowest BCUT2D eigenvalue weighted by Crippen LogP contribution is -2.30. The van der Waals surface area contributed by atoms with E-state index in [1.54, 1.807) is 18.3 Å². The Morgan fingerprint density at radius 1 is 1.10 bits per heavy atom. The Balaban J connectivity index is 1.75. The third kappa shape index (κ3) is 3.96. The Hall–Kier alpha value is -2.91. The molecule has 1 aliphatic rings. The minimum absolute atomic E-state index is 0.105. The van der Waals surface area contributed by atoms with E-state index in [9.17, 15) is 8.42 Å². The van der Waals surface area contributed by atoms with E-state index in [2.05, 4.69) is 25.7 Å². The molecule has 0 aliphatic carbocycles. The highest BCUT2D eigenvalue weighted by molar-refractivity contribution is 7.92. The number of nitrogens with one attached hydrogen (secondary N) is 2. The quantitative estimate of drug-likeness (QED) is 0.610. The molecule has 3 aromatic rings. The highest BCUT2D eigenvalue weighted by Gasteiger charge is 2.41. The fourth-order valence-corrected chi connectivity index (χ4v) is 4.53. The van der Waals surface area contributed by atoms with Crippen LogP contribution in [0.5, 0.6) is 0 Å². The van der Waals surface area contributed by atoms with Gasteiger partial charge in [0.1, 0.15) is 6.04 Å². The van der Waals surface area contributed by atoms with Crippen LogP contribution in [0.3, 0.4) is 0 Å². The largest absolute Gasteiger partial charge is 0.353 e. The zero-order valence-corrected chi connectivity index (χ0v) is 17.6. The third-order valence-corrected chi connectivity index (χ3v) is 5.75. The van der Waals surface area contributed by atoms with Crippen molar-refractivity contribution in [1.82, 2.24) is 14.9 Å². The average Bonchev–Trinajstić information content (AvgIpc) is 3.24. The van der Waals surface area contributed by atoms with E-state index in [0.29, 0.717) is 10.8 Å². The monoisotopic (exact) mass is 427 g/mol. The number of pyridine rings is 1. The molecule has 3 heterocycles. The summed E-state index contributed by atoms with van der Waals surface area (Å²) in [6.07, 6.45) is 4.91. The molecule has 1 aromatic carbocycles. The van der Waals surface area contributed by atoms with E-state index in [4.69, 9.17) is 12.2 Å². The van der Waals surface area contributed by atoms with Crippen molar-refractivity contribution in [2.24, 2.45) is 7.05 Å². The van der Waals surface area contributed by atoms with Crippen LogP contribution in [0, 0.1) is 0 Å². The topological polar surface area (TPSA) is 79.3 Å². The summed E-state index contributed by atoms with van der Waals surface area (Å²) in [6, 6.07) is 16.9. The molecule has 2 N–H and O–H groups in total. The summed E-state index contributed by atoms with van der Waals surface area (Å²) < 4.78 is 27.5. The highest BCUT2D eigenvalue weighted by atomic mass is 32.2. The van der Waals surface area contributed by atoms with Gasteiger partial charge in [0, 0.05) is 36.5 Å². The lowest BCUT2D eigenvalue weighted by molar-refractivity contribution is 0.541. The van der Waals surface area contributed by atoms with E-state index in [1.807, 2.05) is 54.5 Å². The summed E-state index contributed by atoms with van der Waals surface area (Å²) in [7, 11) is -1.33. The van der Waals surface area contributed by atoms with E-state index in [1.165, 1.54) is 0 Å².